The van der Waals surface area contributed by atoms with Crippen LogP contribution >= 0.6 is 34.8 Å². The van der Waals surface area contributed by atoms with Gasteiger partial charge in [0.05, 0.1) is 20.0 Å². The van der Waals surface area contributed by atoms with E-state index in [9.17, 15) is 13.2 Å². The molecule has 27 heavy (non-hydrogen) atoms. The molecule has 146 valence electrons. The molecule has 0 aliphatic heterocycles. The van der Waals surface area contributed by atoms with Gasteiger partial charge in [-0.3, -0.25) is 0 Å². The molecular weight excluding hydrogens is 437 g/mol. The van der Waals surface area contributed by atoms with Crippen molar-refractivity contribution in [1.29, 1.82) is 0 Å². The van der Waals surface area contributed by atoms with Gasteiger partial charge in [0, 0.05) is 20.2 Å². The first-order chi connectivity index (χ1) is 12.6. The predicted octanol–water partition coefficient (Wildman–Crippen LogP) is 4.02. The SMILES string of the molecule is CN(C)S(=O)(=O)c1cccc(COC(=O)COc2cc(Cl)c(Cl)cc2Cl)c1. The van der Waals surface area contributed by atoms with E-state index >= 15 is 0 Å². The van der Waals surface area contributed by atoms with Crippen LogP contribution in [0.5, 0.6) is 5.75 Å². The highest BCUT2D eigenvalue weighted by Gasteiger charge is 2.17. The van der Waals surface area contributed by atoms with E-state index in [0.717, 1.165) is 4.31 Å². The minimum absolute atomic E-state index is 0.103. The number of hydrogen-bond acceptors (Lipinski definition) is 5. The van der Waals surface area contributed by atoms with Crippen molar-refractivity contribution in [1.82, 2.24) is 4.31 Å². The van der Waals surface area contributed by atoms with Gasteiger partial charge in [-0.05, 0) is 23.8 Å². The summed E-state index contributed by atoms with van der Waals surface area (Å²) in [5.74, 6) is -0.458. The van der Waals surface area contributed by atoms with Crippen LogP contribution in [0.15, 0.2) is 41.3 Å². The Kier molecular flexibility index (Phi) is 7.36. The van der Waals surface area contributed by atoms with Crippen LogP contribution in [-0.4, -0.2) is 39.4 Å². The molecule has 0 aliphatic carbocycles. The monoisotopic (exact) mass is 451 g/mol. The van der Waals surface area contributed by atoms with Crippen LogP contribution in [0.4, 0.5) is 0 Å². The number of sulfonamides is 1. The van der Waals surface area contributed by atoms with Crippen LogP contribution in [0, 0.1) is 0 Å². The maximum absolute atomic E-state index is 12.1. The fourth-order valence-corrected chi connectivity index (χ4v) is 3.53. The summed E-state index contributed by atoms with van der Waals surface area (Å²) in [4.78, 5) is 12.0. The summed E-state index contributed by atoms with van der Waals surface area (Å²) in [6.07, 6.45) is 0. The van der Waals surface area contributed by atoms with Gasteiger partial charge in [-0.25, -0.2) is 17.5 Å². The predicted molar refractivity (Wildman–Crippen MR) is 104 cm³/mol. The van der Waals surface area contributed by atoms with Crippen LogP contribution in [0.3, 0.4) is 0 Å². The molecule has 0 amide bonds. The number of esters is 1. The molecule has 0 atom stereocenters. The Morgan fingerprint density at radius 1 is 1.04 bits per heavy atom. The van der Waals surface area contributed by atoms with Crippen molar-refractivity contribution in [2.45, 2.75) is 11.5 Å². The zero-order chi connectivity index (χ0) is 20.2. The summed E-state index contributed by atoms with van der Waals surface area (Å²) >= 11 is 17.7. The molecule has 0 aliphatic rings. The summed E-state index contributed by atoms with van der Waals surface area (Å²) in [6.45, 7) is -0.499. The first kappa shape index (κ1) is 21.8. The lowest BCUT2D eigenvalue weighted by molar-refractivity contribution is -0.147. The number of rotatable bonds is 7. The van der Waals surface area contributed by atoms with E-state index in [1.807, 2.05) is 0 Å². The molecule has 0 aromatic heterocycles. The third kappa shape index (κ3) is 5.73. The molecular formula is C17H16Cl3NO5S. The molecule has 10 heteroatoms. The van der Waals surface area contributed by atoms with E-state index in [1.54, 1.807) is 12.1 Å². The summed E-state index contributed by atoms with van der Waals surface area (Å²) < 4.78 is 35.7. The molecule has 0 saturated heterocycles. The lowest BCUT2D eigenvalue weighted by Crippen LogP contribution is -2.22. The lowest BCUT2D eigenvalue weighted by atomic mass is 10.2. The molecule has 0 bridgehead atoms. The normalized spacial score (nSPS) is 11.5. The number of benzene rings is 2. The van der Waals surface area contributed by atoms with E-state index < -0.39 is 22.6 Å². The number of carbonyl (C=O) groups excluding carboxylic acids is 1. The number of nitrogens with zero attached hydrogens (tertiary/aromatic N) is 1. The van der Waals surface area contributed by atoms with E-state index in [1.165, 1.54) is 38.4 Å². The highest BCUT2D eigenvalue weighted by atomic mass is 35.5. The second-order valence-corrected chi connectivity index (χ2v) is 8.95. The molecule has 6 nitrogen and oxygen atoms in total. The molecule has 0 N–H and O–H groups in total. The largest absolute Gasteiger partial charge is 0.480 e. The Morgan fingerprint density at radius 3 is 2.37 bits per heavy atom. The minimum atomic E-state index is -3.57. The van der Waals surface area contributed by atoms with Gasteiger partial charge in [0.2, 0.25) is 10.0 Å². The molecule has 2 rings (SSSR count). The number of hydrogen-bond donors (Lipinski definition) is 0. The van der Waals surface area contributed by atoms with Crippen LogP contribution < -0.4 is 4.74 Å². The van der Waals surface area contributed by atoms with Crippen LogP contribution in [-0.2, 0) is 26.2 Å². The molecule has 0 fully saturated rings. The molecule has 0 unspecified atom stereocenters. The molecule has 0 spiro atoms. The highest BCUT2D eigenvalue weighted by Crippen LogP contribution is 2.33. The fourth-order valence-electron chi connectivity index (χ4n) is 1.96. The van der Waals surface area contributed by atoms with Gasteiger partial charge in [-0.1, -0.05) is 46.9 Å². The van der Waals surface area contributed by atoms with Gasteiger partial charge in [0.1, 0.15) is 12.4 Å². The van der Waals surface area contributed by atoms with Gasteiger partial charge >= 0.3 is 5.97 Å². The average molecular weight is 453 g/mol. The Morgan fingerprint density at radius 2 is 1.70 bits per heavy atom. The summed E-state index contributed by atoms with van der Waals surface area (Å²) in [7, 11) is -0.690. The Bertz CT molecular complexity index is 948. The van der Waals surface area contributed by atoms with Crippen molar-refractivity contribution in [3.8, 4) is 5.75 Å². The lowest BCUT2D eigenvalue weighted by Gasteiger charge is -2.12. The molecule has 0 heterocycles. The number of halogens is 3. The summed E-state index contributed by atoms with van der Waals surface area (Å²) in [6, 6.07) is 8.94. The Labute approximate surface area is 172 Å². The zero-order valence-electron chi connectivity index (χ0n) is 14.4. The Hall–Kier alpha value is -1.51. The van der Waals surface area contributed by atoms with Crippen LogP contribution in [0.1, 0.15) is 5.56 Å². The van der Waals surface area contributed by atoms with Gasteiger partial charge in [-0.15, -0.1) is 0 Å². The first-order valence-corrected chi connectivity index (χ1v) is 10.1. The average Bonchev–Trinajstić information content (AvgIpc) is 2.62. The second kappa shape index (κ2) is 9.12. The van der Waals surface area contributed by atoms with Crippen molar-refractivity contribution >= 4 is 50.8 Å². The minimum Gasteiger partial charge on any atom is -0.480 e. The van der Waals surface area contributed by atoms with Crippen molar-refractivity contribution in [2.75, 3.05) is 20.7 Å². The summed E-state index contributed by atoms with van der Waals surface area (Å²) in [5.41, 5.74) is 0.527. The van der Waals surface area contributed by atoms with Crippen molar-refractivity contribution < 1.29 is 22.7 Å². The molecule has 2 aromatic carbocycles. The molecule has 2 aromatic rings. The quantitative estimate of drug-likeness (QED) is 0.469. The topological polar surface area (TPSA) is 72.9 Å². The van der Waals surface area contributed by atoms with Crippen LogP contribution in [0.25, 0.3) is 0 Å². The van der Waals surface area contributed by atoms with Crippen molar-refractivity contribution in [2.24, 2.45) is 0 Å². The number of carbonyl (C=O) groups is 1. The van der Waals surface area contributed by atoms with E-state index in [-0.39, 0.29) is 32.3 Å². The van der Waals surface area contributed by atoms with Gasteiger partial charge in [0.25, 0.3) is 0 Å². The summed E-state index contributed by atoms with van der Waals surface area (Å²) in [5, 5.41) is 0.714. The second-order valence-electron chi connectivity index (χ2n) is 5.58. The van der Waals surface area contributed by atoms with Gasteiger partial charge < -0.3 is 9.47 Å². The smallest absolute Gasteiger partial charge is 0.344 e. The standard InChI is InChI=1S/C17H16Cl3NO5S/c1-21(2)27(23,24)12-5-3-4-11(6-12)9-26-17(22)10-25-16-8-14(19)13(18)7-15(16)20/h3-8H,9-10H2,1-2H3. The van der Waals surface area contributed by atoms with E-state index in [2.05, 4.69) is 0 Å². The van der Waals surface area contributed by atoms with Gasteiger partial charge in [0.15, 0.2) is 6.61 Å². The third-order valence-corrected chi connectivity index (χ3v) is 6.23. The number of ether oxygens (including phenoxy) is 2. The third-order valence-electron chi connectivity index (χ3n) is 3.40. The highest BCUT2D eigenvalue weighted by molar-refractivity contribution is 7.89. The molecule has 0 saturated carbocycles. The fraction of sp³-hybridized carbons (Fsp3) is 0.235. The van der Waals surface area contributed by atoms with Crippen LogP contribution in [0.2, 0.25) is 15.1 Å². The van der Waals surface area contributed by atoms with E-state index in [0.29, 0.717) is 5.56 Å². The van der Waals surface area contributed by atoms with Gasteiger partial charge in [-0.2, -0.15) is 0 Å². The van der Waals surface area contributed by atoms with Crippen molar-refractivity contribution in [3.63, 3.8) is 0 Å². The maximum Gasteiger partial charge on any atom is 0.344 e. The first-order valence-electron chi connectivity index (χ1n) is 7.55. The zero-order valence-corrected chi connectivity index (χ0v) is 17.5. The maximum atomic E-state index is 12.1. The van der Waals surface area contributed by atoms with Crippen molar-refractivity contribution in [3.05, 3.63) is 57.0 Å². The van der Waals surface area contributed by atoms with E-state index in [4.69, 9.17) is 44.3 Å². The Balaban J connectivity index is 1.96. The molecule has 0 radical (unpaired) electrons.